The summed E-state index contributed by atoms with van der Waals surface area (Å²) in [5.74, 6) is -0.0656. The van der Waals surface area contributed by atoms with Gasteiger partial charge >= 0.3 is 0 Å². The van der Waals surface area contributed by atoms with Gasteiger partial charge in [0.25, 0.3) is 5.91 Å². The van der Waals surface area contributed by atoms with E-state index < -0.39 is 0 Å². The highest BCUT2D eigenvalue weighted by atomic mass is 32.1. The summed E-state index contributed by atoms with van der Waals surface area (Å²) < 4.78 is 0. The average Bonchev–Trinajstić information content (AvgIpc) is 3.06. The van der Waals surface area contributed by atoms with Crippen LogP contribution in [0.2, 0.25) is 0 Å². The van der Waals surface area contributed by atoms with Crippen molar-refractivity contribution in [3.63, 3.8) is 0 Å². The molecule has 0 radical (unpaired) electrons. The summed E-state index contributed by atoms with van der Waals surface area (Å²) in [4.78, 5) is 13.7. The monoisotopic (exact) mass is 296 g/mol. The average molecular weight is 296 g/mol. The molecule has 1 aromatic carbocycles. The van der Waals surface area contributed by atoms with Crippen molar-refractivity contribution < 1.29 is 4.79 Å². The van der Waals surface area contributed by atoms with E-state index in [1.54, 1.807) is 11.3 Å². The fourth-order valence-corrected chi connectivity index (χ4v) is 2.89. The Bertz CT molecular complexity index is 757. The van der Waals surface area contributed by atoms with Crippen molar-refractivity contribution in [3.8, 4) is 0 Å². The maximum Gasteiger partial charge on any atom is 0.280 e. The third kappa shape index (κ3) is 2.54. The lowest BCUT2D eigenvalue weighted by atomic mass is 10.1. The minimum absolute atomic E-state index is 0.0656. The lowest BCUT2D eigenvalue weighted by Crippen LogP contribution is -2.21. The second-order valence-electron chi connectivity index (χ2n) is 5.14. The molecule has 0 N–H and O–H groups in total. The Morgan fingerprint density at radius 1 is 1.14 bits per heavy atom. The molecule has 0 saturated carbocycles. The van der Waals surface area contributed by atoms with E-state index in [2.05, 4.69) is 12.0 Å². The number of hydrogen-bond donors (Lipinski definition) is 0. The smallest absolute Gasteiger partial charge is 0.267 e. The van der Waals surface area contributed by atoms with Crippen LogP contribution in [0, 0.1) is 13.8 Å². The van der Waals surface area contributed by atoms with Gasteiger partial charge in [-0.15, -0.1) is 11.3 Å². The summed E-state index contributed by atoms with van der Waals surface area (Å²) >= 11 is 1.61. The first-order valence-corrected chi connectivity index (χ1v) is 7.67. The maximum atomic E-state index is 12.6. The van der Waals surface area contributed by atoms with E-state index >= 15 is 0 Å². The van der Waals surface area contributed by atoms with E-state index in [1.807, 2.05) is 55.6 Å². The molecular formula is C17H16N2OS. The summed E-state index contributed by atoms with van der Waals surface area (Å²) in [6.07, 6.45) is 1.91. The van der Waals surface area contributed by atoms with Crippen LogP contribution >= 0.6 is 11.3 Å². The summed E-state index contributed by atoms with van der Waals surface area (Å²) in [6.45, 7) is 5.97. The highest BCUT2D eigenvalue weighted by Gasteiger charge is 2.28. The molecule has 0 unspecified atom stereocenters. The number of hydrazone groups is 1. The van der Waals surface area contributed by atoms with E-state index in [9.17, 15) is 4.79 Å². The van der Waals surface area contributed by atoms with E-state index in [4.69, 9.17) is 0 Å². The third-order valence-electron chi connectivity index (χ3n) is 3.63. The molecule has 0 saturated heterocycles. The van der Waals surface area contributed by atoms with Crippen LogP contribution in [0.1, 0.15) is 22.9 Å². The summed E-state index contributed by atoms with van der Waals surface area (Å²) in [6, 6.07) is 9.92. The predicted molar refractivity (Wildman–Crippen MR) is 88.8 cm³/mol. The van der Waals surface area contributed by atoms with Gasteiger partial charge in [0.15, 0.2) is 0 Å². The Hall–Kier alpha value is -2.20. The van der Waals surface area contributed by atoms with Crippen molar-refractivity contribution in [2.75, 3.05) is 5.01 Å². The SMILES string of the molecule is CC1=NN(c2ccc(C)c(C)c2)C(=O)C1=Cc1cccs1. The van der Waals surface area contributed by atoms with Crippen molar-refractivity contribution in [3.05, 3.63) is 57.3 Å². The van der Waals surface area contributed by atoms with Gasteiger partial charge in [0.05, 0.1) is 17.0 Å². The Labute approximate surface area is 128 Å². The number of carbonyl (C=O) groups excluding carboxylic acids is 1. The van der Waals surface area contributed by atoms with Crippen LogP contribution in [0.5, 0.6) is 0 Å². The van der Waals surface area contributed by atoms with E-state index in [-0.39, 0.29) is 5.91 Å². The van der Waals surface area contributed by atoms with Crippen LogP contribution in [0.4, 0.5) is 5.69 Å². The Kier molecular flexibility index (Phi) is 3.47. The van der Waals surface area contributed by atoms with Gasteiger partial charge in [-0.2, -0.15) is 10.1 Å². The lowest BCUT2D eigenvalue weighted by Gasteiger charge is -2.13. The molecule has 0 aliphatic carbocycles. The fourth-order valence-electron chi connectivity index (χ4n) is 2.23. The number of amides is 1. The Morgan fingerprint density at radius 3 is 2.62 bits per heavy atom. The van der Waals surface area contributed by atoms with Crippen LogP contribution in [0.15, 0.2) is 46.4 Å². The van der Waals surface area contributed by atoms with Gasteiger partial charge in [0.1, 0.15) is 0 Å². The van der Waals surface area contributed by atoms with Crippen LogP contribution in [0.25, 0.3) is 6.08 Å². The minimum Gasteiger partial charge on any atom is -0.267 e. The number of benzene rings is 1. The van der Waals surface area contributed by atoms with Gasteiger partial charge in [-0.1, -0.05) is 12.1 Å². The fraction of sp³-hybridized carbons (Fsp3) is 0.176. The molecule has 1 aliphatic heterocycles. The molecule has 106 valence electrons. The van der Waals surface area contributed by atoms with Crippen LogP contribution < -0.4 is 5.01 Å². The zero-order valence-corrected chi connectivity index (χ0v) is 13.1. The highest BCUT2D eigenvalue weighted by molar-refractivity contribution is 7.10. The van der Waals surface area contributed by atoms with Crippen LogP contribution in [0.3, 0.4) is 0 Å². The predicted octanol–water partition coefficient (Wildman–Crippen LogP) is 4.17. The molecular weight excluding hydrogens is 280 g/mol. The van der Waals surface area contributed by atoms with E-state index in [0.29, 0.717) is 5.57 Å². The highest BCUT2D eigenvalue weighted by Crippen LogP contribution is 2.27. The topological polar surface area (TPSA) is 32.7 Å². The number of aryl methyl sites for hydroxylation is 2. The zero-order chi connectivity index (χ0) is 15.0. The summed E-state index contributed by atoms with van der Waals surface area (Å²) in [5.41, 5.74) is 4.60. The molecule has 1 aliphatic rings. The molecule has 4 heteroatoms. The largest absolute Gasteiger partial charge is 0.280 e. The number of anilines is 1. The number of rotatable bonds is 2. The molecule has 1 aromatic heterocycles. The van der Waals surface area contributed by atoms with Crippen LogP contribution in [-0.2, 0) is 4.79 Å². The van der Waals surface area contributed by atoms with Crippen LogP contribution in [-0.4, -0.2) is 11.6 Å². The van der Waals surface area contributed by atoms with Gasteiger partial charge in [-0.3, -0.25) is 4.79 Å². The third-order valence-corrected chi connectivity index (χ3v) is 4.45. The Balaban J connectivity index is 1.97. The van der Waals surface area contributed by atoms with Gasteiger partial charge < -0.3 is 0 Å². The molecule has 2 heterocycles. The minimum atomic E-state index is -0.0656. The van der Waals surface area contributed by atoms with E-state index in [0.717, 1.165) is 21.8 Å². The number of nitrogens with zero attached hydrogens (tertiary/aromatic N) is 2. The van der Waals surface area contributed by atoms with Gasteiger partial charge in [0.2, 0.25) is 0 Å². The van der Waals surface area contributed by atoms with Gasteiger partial charge in [-0.05, 0) is 61.6 Å². The molecule has 0 fully saturated rings. The van der Waals surface area contributed by atoms with Crippen molar-refractivity contribution >= 4 is 34.7 Å². The summed E-state index contributed by atoms with van der Waals surface area (Å²) in [5, 5.41) is 7.90. The lowest BCUT2D eigenvalue weighted by molar-refractivity contribution is -0.114. The first-order chi connectivity index (χ1) is 10.1. The van der Waals surface area contributed by atoms with Gasteiger partial charge in [0, 0.05) is 4.88 Å². The number of carbonyl (C=O) groups is 1. The molecule has 3 nitrogen and oxygen atoms in total. The second kappa shape index (κ2) is 5.30. The maximum absolute atomic E-state index is 12.6. The van der Waals surface area contributed by atoms with Crippen molar-refractivity contribution in [1.82, 2.24) is 0 Å². The van der Waals surface area contributed by atoms with Crippen molar-refractivity contribution in [2.24, 2.45) is 5.10 Å². The molecule has 0 bridgehead atoms. The normalized spacial score (nSPS) is 16.7. The molecule has 0 spiro atoms. The number of thiophene rings is 1. The first kappa shape index (κ1) is 13.8. The second-order valence-corrected chi connectivity index (χ2v) is 6.12. The van der Waals surface area contributed by atoms with Crippen molar-refractivity contribution in [2.45, 2.75) is 20.8 Å². The van der Waals surface area contributed by atoms with Crippen molar-refractivity contribution in [1.29, 1.82) is 0 Å². The molecule has 1 amide bonds. The standard InChI is InChI=1S/C17H16N2OS/c1-11-6-7-14(9-12(11)2)19-17(20)16(13(3)18-19)10-15-5-4-8-21-15/h4-10H,1-3H3. The first-order valence-electron chi connectivity index (χ1n) is 6.79. The molecule has 3 rings (SSSR count). The molecule has 0 atom stereocenters. The molecule has 2 aromatic rings. The quantitative estimate of drug-likeness (QED) is 0.765. The van der Waals surface area contributed by atoms with Gasteiger partial charge in [-0.25, -0.2) is 0 Å². The van der Waals surface area contributed by atoms with E-state index in [1.165, 1.54) is 10.6 Å². The molecule has 21 heavy (non-hydrogen) atoms. The number of hydrogen-bond acceptors (Lipinski definition) is 3. The zero-order valence-electron chi connectivity index (χ0n) is 12.3. The summed E-state index contributed by atoms with van der Waals surface area (Å²) in [7, 11) is 0. The Morgan fingerprint density at radius 2 is 1.95 bits per heavy atom.